The van der Waals surface area contributed by atoms with Gasteiger partial charge in [0.15, 0.2) is 0 Å². The maximum absolute atomic E-state index is 12.3. The van der Waals surface area contributed by atoms with Crippen molar-refractivity contribution in [2.45, 2.75) is 12.7 Å². The number of nitrogens with zero attached hydrogens (tertiary/aromatic N) is 3. The Bertz CT molecular complexity index is 891. The summed E-state index contributed by atoms with van der Waals surface area (Å²) in [5.41, 5.74) is 2.83. The summed E-state index contributed by atoms with van der Waals surface area (Å²) in [7, 11) is 0. The molecule has 1 atom stereocenters. The van der Waals surface area contributed by atoms with Crippen molar-refractivity contribution in [1.29, 1.82) is 0 Å². The molecule has 25 heavy (non-hydrogen) atoms. The van der Waals surface area contributed by atoms with Crippen LogP contribution in [0.3, 0.4) is 0 Å². The monoisotopic (exact) mass is 340 g/mol. The number of halogens is 2. The second-order valence-corrected chi connectivity index (χ2v) is 5.49. The molecule has 1 aliphatic rings. The van der Waals surface area contributed by atoms with Crippen molar-refractivity contribution in [3.05, 3.63) is 78.1 Å². The molecule has 5 nitrogen and oxygen atoms in total. The smallest absolute Gasteiger partial charge is 0.387 e. The molecule has 3 aromatic rings. The van der Waals surface area contributed by atoms with Crippen LogP contribution in [0, 0.1) is 0 Å². The Kier molecular flexibility index (Phi) is 3.89. The zero-order chi connectivity index (χ0) is 17.2. The molecule has 0 bridgehead atoms. The molecule has 0 spiro atoms. The average molecular weight is 340 g/mol. The van der Waals surface area contributed by atoms with Crippen molar-refractivity contribution in [3.8, 4) is 5.75 Å². The molecule has 0 radical (unpaired) electrons. The number of rotatable bonds is 4. The molecular weight excluding hydrogens is 326 g/mol. The van der Waals surface area contributed by atoms with Gasteiger partial charge in [0, 0.05) is 5.70 Å². The van der Waals surface area contributed by atoms with Gasteiger partial charge in [-0.3, -0.25) is 0 Å². The predicted octanol–water partition coefficient (Wildman–Crippen LogP) is 3.94. The first-order valence-electron chi connectivity index (χ1n) is 7.69. The number of allylic oxidation sites excluding steroid dienone is 1. The van der Waals surface area contributed by atoms with E-state index >= 15 is 0 Å². The molecule has 4 rings (SSSR count). The van der Waals surface area contributed by atoms with Gasteiger partial charge in [0.1, 0.15) is 18.1 Å². The molecule has 1 aromatic heterocycles. The molecule has 126 valence electrons. The topological polar surface area (TPSA) is 52.0 Å². The van der Waals surface area contributed by atoms with E-state index in [1.165, 1.54) is 18.5 Å². The quantitative estimate of drug-likeness (QED) is 0.782. The Morgan fingerprint density at radius 1 is 1.04 bits per heavy atom. The van der Waals surface area contributed by atoms with Crippen LogP contribution in [-0.4, -0.2) is 21.4 Å². The van der Waals surface area contributed by atoms with Crippen molar-refractivity contribution < 1.29 is 13.5 Å². The number of hydrogen-bond acceptors (Lipinski definition) is 4. The van der Waals surface area contributed by atoms with Gasteiger partial charge in [-0.2, -0.15) is 18.9 Å². The Hall–Kier alpha value is -3.22. The van der Waals surface area contributed by atoms with Gasteiger partial charge in [-0.15, -0.1) is 0 Å². The summed E-state index contributed by atoms with van der Waals surface area (Å²) < 4.78 is 30.8. The minimum Gasteiger partial charge on any atom is -0.435 e. The van der Waals surface area contributed by atoms with Crippen LogP contribution in [0.25, 0.3) is 5.70 Å². The van der Waals surface area contributed by atoms with Gasteiger partial charge in [0.25, 0.3) is 0 Å². The fourth-order valence-corrected chi connectivity index (χ4v) is 2.80. The Morgan fingerprint density at radius 2 is 1.80 bits per heavy atom. The summed E-state index contributed by atoms with van der Waals surface area (Å²) in [6.07, 6.45) is 3.51. The summed E-state index contributed by atoms with van der Waals surface area (Å²) >= 11 is 0. The minimum absolute atomic E-state index is 0.124. The molecule has 0 saturated heterocycles. The van der Waals surface area contributed by atoms with E-state index in [0.717, 1.165) is 16.8 Å². The lowest BCUT2D eigenvalue weighted by atomic mass is 10.0. The van der Waals surface area contributed by atoms with E-state index in [2.05, 4.69) is 20.1 Å². The molecule has 0 amide bonds. The highest BCUT2D eigenvalue weighted by molar-refractivity contribution is 5.77. The SMILES string of the molecule is FC(F)Oc1ccc([C@@H]2C=C(c3ccccc3)Nc3ncnn32)cc1. The zero-order valence-electron chi connectivity index (χ0n) is 13.0. The van der Waals surface area contributed by atoms with Gasteiger partial charge in [0.05, 0.1) is 0 Å². The first-order valence-corrected chi connectivity index (χ1v) is 7.69. The van der Waals surface area contributed by atoms with Crippen molar-refractivity contribution >= 4 is 11.6 Å². The van der Waals surface area contributed by atoms with E-state index in [1.54, 1.807) is 16.8 Å². The summed E-state index contributed by atoms with van der Waals surface area (Å²) in [5, 5.41) is 7.52. The number of benzene rings is 2. The van der Waals surface area contributed by atoms with Gasteiger partial charge in [0.2, 0.25) is 5.95 Å². The van der Waals surface area contributed by atoms with Gasteiger partial charge in [-0.05, 0) is 29.3 Å². The van der Waals surface area contributed by atoms with Crippen LogP contribution in [0.4, 0.5) is 14.7 Å². The molecule has 1 aliphatic heterocycles. The van der Waals surface area contributed by atoms with Crippen LogP contribution in [0.15, 0.2) is 67.0 Å². The Labute approximate surface area is 142 Å². The van der Waals surface area contributed by atoms with E-state index in [1.807, 2.05) is 36.4 Å². The van der Waals surface area contributed by atoms with Crippen molar-refractivity contribution in [2.75, 3.05) is 5.32 Å². The van der Waals surface area contributed by atoms with Crippen LogP contribution < -0.4 is 10.1 Å². The first-order chi connectivity index (χ1) is 12.2. The van der Waals surface area contributed by atoms with E-state index in [0.29, 0.717) is 5.95 Å². The summed E-state index contributed by atoms with van der Waals surface area (Å²) in [6.45, 7) is -2.84. The second kappa shape index (κ2) is 6.35. The Balaban J connectivity index is 1.71. The maximum atomic E-state index is 12.3. The number of ether oxygens (including phenoxy) is 1. The van der Waals surface area contributed by atoms with Crippen LogP contribution >= 0.6 is 0 Å². The molecule has 0 fully saturated rings. The van der Waals surface area contributed by atoms with Crippen LogP contribution in [0.5, 0.6) is 5.75 Å². The molecular formula is C18H14F2N4O. The lowest BCUT2D eigenvalue weighted by Gasteiger charge is -2.24. The first kappa shape index (κ1) is 15.3. The minimum atomic E-state index is -2.84. The van der Waals surface area contributed by atoms with Crippen LogP contribution in [0.1, 0.15) is 17.2 Å². The predicted molar refractivity (Wildman–Crippen MR) is 89.3 cm³/mol. The molecule has 1 N–H and O–H groups in total. The van der Waals surface area contributed by atoms with E-state index < -0.39 is 6.61 Å². The molecule has 0 unspecified atom stereocenters. The normalized spacial score (nSPS) is 16.1. The van der Waals surface area contributed by atoms with Gasteiger partial charge < -0.3 is 10.1 Å². The van der Waals surface area contributed by atoms with Crippen LogP contribution in [0.2, 0.25) is 0 Å². The zero-order valence-corrected chi connectivity index (χ0v) is 13.0. The number of fused-ring (bicyclic) bond motifs is 1. The molecule has 2 aromatic carbocycles. The second-order valence-electron chi connectivity index (χ2n) is 5.49. The fraction of sp³-hybridized carbons (Fsp3) is 0.111. The van der Waals surface area contributed by atoms with Crippen molar-refractivity contribution in [2.24, 2.45) is 0 Å². The molecule has 0 saturated carbocycles. The van der Waals surface area contributed by atoms with Crippen molar-refractivity contribution in [3.63, 3.8) is 0 Å². The molecule has 7 heteroatoms. The van der Waals surface area contributed by atoms with Crippen LogP contribution in [-0.2, 0) is 0 Å². The largest absolute Gasteiger partial charge is 0.435 e. The third kappa shape index (κ3) is 3.08. The number of aromatic nitrogens is 3. The van der Waals surface area contributed by atoms with E-state index in [4.69, 9.17) is 0 Å². The maximum Gasteiger partial charge on any atom is 0.387 e. The molecule has 0 aliphatic carbocycles. The number of hydrogen-bond donors (Lipinski definition) is 1. The lowest BCUT2D eigenvalue weighted by Crippen LogP contribution is -2.20. The number of anilines is 1. The Morgan fingerprint density at radius 3 is 2.52 bits per heavy atom. The lowest BCUT2D eigenvalue weighted by molar-refractivity contribution is -0.0498. The fourth-order valence-electron chi connectivity index (χ4n) is 2.80. The van der Waals surface area contributed by atoms with Gasteiger partial charge in [-0.25, -0.2) is 4.68 Å². The third-order valence-electron chi connectivity index (χ3n) is 3.94. The summed E-state index contributed by atoms with van der Waals surface area (Å²) in [4.78, 5) is 4.24. The van der Waals surface area contributed by atoms with Gasteiger partial charge in [-0.1, -0.05) is 42.5 Å². The van der Waals surface area contributed by atoms with Gasteiger partial charge >= 0.3 is 6.61 Å². The summed E-state index contributed by atoms with van der Waals surface area (Å²) in [6, 6.07) is 16.2. The highest BCUT2D eigenvalue weighted by Gasteiger charge is 2.23. The standard InChI is InChI=1S/C18H14F2N4O/c19-17(20)25-14-8-6-13(7-9-14)16-10-15(12-4-2-1-3-5-12)23-18-21-11-22-24(16)18/h1-11,16-17H,(H,21,22,23)/t16-/m0/s1. The van der Waals surface area contributed by atoms with E-state index in [-0.39, 0.29) is 11.8 Å². The molecule has 2 heterocycles. The number of alkyl halides is 2. The highest BCUT2D eigenvalue weighted by Crippen LogP contribution is 2.32. The average Bonchev–Trinajstić information content (AvgIpc) is 3.10. The summed E-state index contributed by atoms with van der Waals surface area (Å²) in [5.74, 6) is 0.748. The van der Waals surface area contributed by atoms with Crippen molar-refractivity contribution in [1.82, 2.24) is 14.8 Å². The van der Waals surface area contributed by atoms with E-state index in [9.17, 15) is 8.78 Å². The highest BCUT2D eigenvalue weighted by atomic mass is 19.3. The number of nitrogens with one attached hydrogen (secondary N) is 1. The third-order valence-corrected chi connectivity index (χ3v) is 3.94.